The van der Waals surface area contributed by atoms with E-state index in [0.717, 1.165) is 15.7 Å². The number of rotatable bonds is 5. The summed E-state index contributed by atoms with van der Waals surface area (Å²) < 4.78 is 10.8. The van der Waals surface area contributed by atoms with Crippen LogP contribution in [0.4, 0.5) is 0 Å². The van der Waals surface area contributed by atoms with Crippen LogP contribution < -0.4 is 0 Å². The van der Waals surface area contributed by atoms with E-state index in [4.69, 9.17) is 21.1 Å². The van der Waals surface area contributed by atoms with Crippen molar-refractivity contribution in [1.29, 1.82) is 0 Å². The number of carbonyl (C=O) groups is 2. The van der Waals surface area contributed by atoms with Crippen molar-refractivity contribution in [2.45, 2.75) is 31.0 Å². The molecule has 27 heavy (non-hydrogen) atoms. The van der Waals surface area contributed by atoms with E-state index in [0.29, 0.717) is 18.1 Å². The van der Waals surface area contributed by atoms with Gasteiger partial charge in [0.2, 0.25) is 0 Å². The molecule has 1 aliphatic rings. The summed E-state index contributed by atoms with van der Waals surface area (Å²) in [6, 6.07) is 11.5. The number of thioether (sulfide) groups is 1. The predicted molar refractivity (Wildman–Crippen MR) is 107 cm³/mol. The van der Waals surface area contributed by atoms with Crippen molar-refractivity contribution in [2.75, 3.05) is 25.4 Å². The van der Waals surface area contributed by atoms with Gasteiger partial charge < -0.3 is 14.4 Å². The quantitative estimate of drug-likeness (QED) is 0.558. The number of amides is 1. The predicted octanol–water partition coefficient (Wildman–Crippen LogP) is 3.76. The van der Waals surface area contributed by atoms with Crippen LogP contribution in [0.2, 0.25) is 5.02 Å². The van der Waals surface area contributed by atoms with Crippen LogP contribution in [0.5, 0.6) is 0 Å². The molecule has 0 aliphatic carbocycles. The van der Waals surface area contributed by atoms with Crippen LogP contribution in [0.25, 0.3) is 10.8 Å². The Morgan fingerprint density at radius 3 is 2.56 bits per heavy atom. The third-order valence-corrected chi connectivity index (χ3v) is 5.64. The number of carbonyl (C=O) groups excluding carboxylic acids is 2. The second-order valence-corrected chi connectivity index (χ2v) is 8.02. The fourth-order valence-corrected chi connectivity index (χ4v) is 4.42. The molecular weight excluding hydrogens is 386 g/mol. The van der Waals surface area contributed by atoms with Gasteiger partial charge in [-0.1, -0.05) is 35.9 Å². The molecule has 0 N–H and O–H groups in total. The average Bonchev–Trinajstić information content (AvgIpc) is 2.63. The van der Waals surface area contributed by atoms with E-state index in [1.165, 1.54) is 11.8 Å². The van der Waals surface area contributed by atoms with E-state index in [1.54, 1.807) is 4.90 Å². The third-order valence-electron chi connectivity index (χ3n) is 4.29. The van der Waals surface area contributed by atoms with Gasteiger partial charge in [0, 0.05) is 28.4 Å². The first-order valence-corrected chi connectivity index (χ1v) is 10.2. The van der Waals surface area contributed by atoms with Crippen molar-refractivity contribution in [1.82, 2.24) is 4.90 Å². The first-order valence-electron chi connectivity index (χ1n) is 8.83. The summed E-state index contributed by atoms with van der Waals surface area (Å²) in [5.41, 5.74) is 0. The van der Waals surface area contributed by atoms with Crippen molar-refractivity contribution in [3.05, 3.63) is 41.4 Å². The number of esters is 1. The third kappa shape index (κ3) is 5.15. The Morgan fingerprint density at radius 2 is 1.85 bits per heavy atom. The number of fused-ring (bicyclic) bond motifs is 1. The van der Waals surface area contributed by atoms with Crippen LogP contribution in [-0.4, -0.2) is 54.4 Å². The van der Waals surface area contributed by atoms with E-state index in [2.05, 4.69) is 0 Å². The van der Waals surface area contributed by atoms with Gasteiger partial charge in [-0.3, -0.25) is 9.59 Å². The lowest BCUT2D eigenvalue weighted by Crippen LogP contribution is -2.49. The molecule has 0 bridgehead atoms. The van der Waals surface area contributed by atoms with Gasteiger partial charge in [-0.25, -0.2) is 0 Å². The molecule has 0 saturated carbocycles. The molecule has 3 rings (SSSR count). The van der Waals surface area contributed by atoms with Crippen molar-refractivity contribution < 1.29 is 19.1 Å². The largest absolute Gasteiger partial charge is 0.455 e. The first kappa shape index (κ1) is 20.0. The number of benzene rings is 2. The fourth-order valence-electron chi connectivity index (χ4n) is 3.18. The van der Waals surface area contributed by atoms with Crippen LogP contribution >= 0.6 is 23.4 Å². The monoisotopic (exact) mass is 407 g/mol. The lowest BCUT2D eigenvalue weighted by molar-refractivity contribution is -0.155. The highest BCUT2D eigenvalue weighted by Gasteiger charge is 2.26. The topological polar surface area (TPSA) is 55.8 Å². The summed E-state index contributed by atoms with van der Waals surface area (Å²) in [5, 5.41) is 2.59. The molecule has 1 heterocycles. The second kappa shape index (κ2) is 8.95. The van der Waals surface area contributed by atoms with Crippen molar-refractivity contribution in [3.63, 3.8) is 0 Å². The minimum atomic E-state index is -0.424. The summed E-state index contributed by atoms with van der Waals surface area (Å²) in [5.74, 6) is -0.497. The zero-order valence-electron chi connectivity index (χ0n) is 15.3. The van der Waals surface area contributed by atoms with Crippen LogP contribution in [0, 0.1) is 0 Å². The molecule has 5 nitrogen and oxygen atoms in total. The highest BCUT2D eigenvalue weighted by atomic mass is 35.5. The zero-order valence-corrected chi connectivity index (χ0v) is 16.9. The highest BCUT2D eigenvalue weighted by Crippen LogP contribution is 2.33. The Hall–Kier alpha value is -1.76. The molecule has 1 aliphatic heterocycles. The van der Waals surface area contributed by atoms with Gasteiger partial charge in [0.1, 0.15) is 0 Å². The van der Waals surface area contributed by atoms with E-state index in [-0.39, 0.29) is 30.5 Å². The smallest absolute Gasteiger partial charge is 0.316 e. The Kier molecular flexibility index (Phi) is 6.63. The molecule has 2 aromatic carbocycles. The molecule has 1 amide bonds. The van der Waals surface area contributed by atoms with Gasteiger partial charge in [-0.2, -0.15) is 0 Å². The average molecular weight is 408 g/mol. The molecular formula is C20H22ClNO4S. The van der Waals surface area contributed by atoms with Crippen molar-refractivity contribution in [3.8, 4) is 0 Å². The van der Waals surface area contributed by atoms with Gasteiger partial charge in [0.15, 0.2) is 6.61 Å². The maximum Gasteiger partial charge on any atom is 0.316 e. The minimum absolute atomic E-state index is 0.0138. The van der Waals surface area contributed by atoms with Crippen LogP contribution in [0.1, 0.15) is 13.8 Å². The lowest BCUT2D eigenvalue weighted by atomic mass is 10.1. The molecule has 0 aromatic heterocycles. The van der Waals surface area contributed by atoms with Gasteiger partial charge >= 0.3 is 5.97 Å². The Morgan fingerprint density at radius 1 is 1.19 bits per heavy atom. The van der Waals surface area contributed by atoms with E-state index in [9.17, 15) is 9.59 Å². The Balaban J connectivity index is 1.53. The normalized spacial score (nSPS) is 19.9. The lowest BCUT2D eigenvalue weighted by Gasteiger charge is -2.35. The standard InChI is InChI=1S/C20H22ClNO4S/c1-13-9-22(10-14(2)26-13)18(23)11-25-19(24)12-27-17-8-4-6-15-5-3-7-16(21)20(15)17/h3-8,13-14H,9-12H2,1-2H3/t13-,14-/m0/s1. The summed E-state index contributed by atoms with van der Waals surface area (Å²) in [7, 11) is 0. The molecule has 2 aromatic rings. The van der Waals surface area contributed by atoms with E-state index < -0.39 is 5.97 Å². The van der Waals surface area contributed by atoms with Crippen molar-refractivity contribution >= 4 is 46.0 Å². The number of halogens is 1. The second-order valence-electron chi connectivity index (χ2n) is 6.60. The summed E-state index contributed by atoms with van der Waals surface area (Å²) in [4.78, 5) is 26.9. The van der Waals surface area contributed by atoms with Crippen LogP contribution in [0.15, 0.2) is 41.3 Å². The van der Waals surface area contributed by atoms with Crippen LogP contribution in [0.3, 0.4) is 0 Å². The number of morpholine rings is 1. The van der Waals surface area contributed by atoms with Gasteiger partial charge in [-0.15, -0.1) is 11.8 Å². The molecule has 7 heteroatoms. The molecule has 0 radical (unpaired) electrons. The summed E-state index contributed by atoms with van der Waals surface area (Å²) in [6.07, 6.45) is -0.0277. The molecule has 1 fully saturated rings. The molecule has 1 saturated heterocycles. The number of nitrogens with zero attached hydrogens (tertiary/aromatic N) is 1. The SMILES string of the molecule is C[C@H]1CN(C(=O)COC(=O)CSc2cccc3cccc(Cl)c23)C[C@H](C)O1. The highest BCUT2D eigenvalue weighted by molar-refractivity contribution is 8.00. The Bertz CT molecular complexity index is 829. The first-order chi connectivity index (χ1) is 12.9. The van der Waals surface area contributed by atoms with Crippen LogP contribution in [-0.2, 0) is 19.1 Å². The number of ether oxygens (including phenoxy) is 2. The fraction of sp³-hybridized carbons (Fsp3) is 0.400. The van der Waals surface area contributed by atoms with E-state index >= 15 is 0 Å². The number of hydrogen-bond acceptors (Lipinski definition) is 5. The summed E-state index contributed by atoms with van der Waals surface area (Å²) >= 11 is 7.66. The number of hydrogen-bond donors (Lipinski definition) is 0. The molecule has 144 valence electrons. The molecule has 2 atom stereocenters. The molecule has 0 unspecified atom stereocenters. The maximum absolute atomic E-state index is 12.3. The maximum atomic E-state index is 12.3. The zero-order chi connectivity index (χ0) is 19.4. The van der Waals surface area contributed by atoms with Gasteiger partial charge in [0.25, 0.3) is 5.91 Å². The van der Waals surface area contributed by atoms with E-state index in [1.807, 2.05) is 50.2 Å². The summed E-state index contributed by atoms with van der Waals surface area (Å²) in [6.45, 7) is 4.64. The Labute approximate surface area is 167 Å². The minimum Gasteiger partial charge on any atom is -0.455 e. The molecule has 0 spiro atoms. The van der Waals surface area contributed by atoms with Gasteiger partial charge in [-0.05, 0) is 31.4 Å². The van der Waals surface area contributed by atoms with Gasteiger partial charge in [0.05, 0.1) is 18.0 Å². The van der Waals surface area contributed by atoms with Crippen molar-refractivity contribution in [2.24, 2.45) is 0 Å².